The second-order valence-electron chi connectivity index (χ2n) is 5.41. The lowest BCUT2D eigenvalue weighted by Gasteiger charge is -2.22. The van der Waals surface area contributed by atoms with Gasteiger partial charge in [-0.2, -0.15) is 0 Å². The number of pyridine rings is 1. The van der Waals surface area contributed by atoms with Gasteiger partial charge >= 0.3 is 0 Å². The van der Waals surface area contributed by atoms with Crippen LogP contribution in [0.15, 0.2) is 30.3 Å². The van der Waals surface area contributed by atoms with Crippen LogP contribution in [0.3, 0.4) is 0 Å². The van der Waals surface area contributed by atoms with Crippen molar-refractivity contribution in [1.82, 2.24) is 10.3 Å². The Kier molecular flexibility index (Phi) is 5.19. The second-order valence-corrected chi connectivity index (χ2v) is 5.41. The molecule has 0 atom stereocenters. The molecule has 0 fully saturated rings. The van der Waals surface area contributed by atoms with Crippen LogP contribution >= 0.6 is 0 Å². The van der Waals surface area contributed by atoms with E-state index in [-0.39, 0.29) is 0 Å². The lowest BCUT2D eigenvalue weighted by atomic mass is 10.1. The average molecular weight is 281 g/mol. The zero-order valence-corrected chi connectivity index (χ0v) is 13.1. The summed E-state index contributed by atoms with van der Waals surface area (Å²) in [5, 5.41) is 5.78. The van der Waals surface area contributed by atoms with E-state index in [9.17, 15) is 0 Å². The molecule has 0 spiro atoms. The molecule has 110 valence electrons. The van der Waals surface area contributed by atoms with E-state index in [0.717, 1.165) is 30.0 Å². The highest BCUT2D eigenvalue weighted by Gasteiger charge is 2.11. The van der Waals surface area contributed by atoms with E-state index in [1.54, 1.807) is 0 Å². The fourth-order valence-electron chi connectivity index (χ4n) is 2.32. The minimum Gasteiger partial charge on any atom is -0.345 e. The molecule has 0 aliphatic carbocycles. The number of nitrogens with zero attached hydrogens (tertiary/aromatic N) is 2. The molecule has 0 radical (unpaired) electrons. The van der Waals surface area contributed by atoms with Gasteiger partial charge in [0.15, 0.2) is 0 Å². The normalized spacial score (nSPS) is 10.8. The summed E-state index contributed by atoms with van der Waals surface area (Å²) in [7, 11) is 0. The van der Waals surface area contributed by atoms with E-state index < -0.39 is 0 Å². The minimum absolute atomic E-state index is 0.440. The van der Waals surface area contributed by atoms with Gasteiger partial charge in [0.05, 0.1) is 12.2 Å². The molecule has 0 saturated carbocycles. The molecule has 0 amide bonds. The molecular weight excluding hydrogens is 258 g/mol. The number of aromatic nitrogens is 1. The summed E-state index contributed by atoms with van der Waals surface area (Å²) in [6.45, 7) is 8.57. The smallest absolute Gasteiger partial charge is 0.137 e. The Bertz CT molecular complexity index is 640. The highest BCUT2D eigenvalue weighted by atomic mass is 15.2. The van der Waals surface area contributed by atoms with Gasteiger partial charge in [0.1, 0.15) is 5.82 Å². The summed E-state index contributed by atoms with van der Waals surface area (Å²) in [5.74, 6) is 3.70. The first-order valence-electron chi connectivity index (χ1n) is 7.46. The fourth-order valence-corrected chi connectivity index (χ4v) is 2.32. The van der Waals surface area contributed by atoms with E-state index >= 15 is 0 Å². The van der Waals surface area contributed by atoms with Crippen molar-refractivity contribution in [2.24, 2.45) is 0 Å². The SMILES string of the molecule is C#CCN(CC)c1nc(CNC(C)C)cc2ccccc12. The van der Waals surface area contributed by atoms with E-state index in [0.29, 0.717) is 12.6 Å². The molecule has 0 unspecified atom stereocenters. The minimum atomic E-state index is 0.440. The van der Waals surface area contributed by atoms with Gasteiger partial charge < -0.3 is 10.2 Å². The Morgan fingerprint density at radius 3 is 2.76 bits per heavy atom. The third-order valence-corrected chi connectivity index (χ3v) is 3.43. The van der Waals surface area contributed by atoms with Crippen LogP contribution < -0.4 is 10.2 Å². The molecule has 0 bridgehead atoms. The zero-order valence-electron chi connectivity index (χ0n) is 13.1. The maximum absolute atomic E-state index is 5.49. The summed E-state index contributed by atoms with van der Waals surface area (Å²) in [6.07, 6.45) is 5.49. The number of benzene rings is 1. The number of terminal acetylenes is 1. The molecule has 3 nitrogen and oxygen atoms in total. The average Bonchev–Trinajstić information content (AvgIpc) is 2.50. The molecule has 1 N–H and O–H groups in total. The maximum atomic E-state index is 5.49. The lowest BCUT2D eigenvalue weighted by Crippen LogP contribution is -2.26. The number of hydrogen-bond acceptors (Lipinski definition) is 3. The monoisotopic (exact) mass is 281 g/mol. The molecular formula is C18H23N3. The molecule has 2 aromatic rings. The van der Waals surface area contributed by atoms with Gasteiger partial charge in [0, 0.05) is 24.5 Å². The predicted octanol–water partition coefficient (Wildman–Crippen LogP) is 3.19. The maximum Gasteiger partial charge on any atom is 0.137 e. The summed E-state index contributed by atoms with van der Waals surface area (Å²) < 4.78 is 0. The standard InChI is InChI=1S/C18H23N3/c1-5-11-21(6-2)18-17-10-8-7-9-15(17)12-16(20-18)13-19-14(3)4/h1,7-10,12,14,19H,6,11,13H2,2-4H3. The zero-order chi connectivity index (χ0) is 15.2. The predicted molar refractivity (Wildman–Crippen MR) is 90.4 cm³/mol. The Morgan fingerprint density at radius 1 is 1.33 bits per heavy atom. The van der Waals surface area contributed by atoms with Gasteiger partial charge in [-0.3, -0.25) is 0 Å². The van der Waals surface area contributed by atoms with Crippen LogP contribution in [-0.2, 0) is 6.54 Å². The number of fused-ring (bicyclic) bond motifs is 1. The Labute approximate surface area is 127 Å². The van der Waals surface area contributed by atoms with Crippen LogP contribution in [0.1, 0.15) is 26.5 Å². The highest BCUT2D eigenvalue weighted by Crippen LogP contribution is 2.25. The number of anilines is 1. The van der Waals surface area contributed by atoms with Crippen molar-refractivity contribution in [3.05, 3.63) is 36.0 Å². The van der Waals surface area contributed by atoms with Crippen LogP contribution in [0.25, 0.3) is 10.8 Å². The Morgan fingerprint density at radius 2 is 2.10 bits per heavy atom. The summed E-state index contributed by atoms with van der Waals surface area (Å²) in [5.41, 5.74) is 1.05. The van der Waals surface area contributed by atoms with Gasteiger partial charge in [0.2, 0.25) is 0 Å². The molecule has 1 heterocycles. The van der Waals surface area contributed by atoms with Crippen LogP contribution in [0.5, 0.6) is 0 Å². The molecule has 1 aromatic heterocycles. The van der Waals surface area contributed by atoms with Gasteiger partial charge in [-0.05, 0) is 18.4 Å². The first-order valence-corrected chi connectivity index (χ1v) is 7.46. The molecule has 2 rings (SSSR count). The second kappa shape index (κ2) is 7.10. The first kappa shape index (κ1) is 15.3. The molecule has 0 aliphatic rings. The van der Waals surface area contributed by atoms with E-state index in [1.807, 2.05) is 6.07 Å². The topological polar surface area (TPSA) is 28.2 Å². The third kappa shape index (κ3) is 3.74. The van der Waals surface area contributed by atoms with E-state index in [1.165, 1.54) is 5.39 Å². The number of hydrogen-bond donors (Lipinski definition) is 1. The fraction of sp³-hybridized carbons (Fsp3) is 0.389. The van der Waals surface area contributed by atoms with Crippen LogP contribution in [0.4, 0.5) is 5.82 Å². The van der Waals surface area contributed by atoms with Crippen LogP contribution in [-0.4, -0.2) is 24.1 Å². The van der Waals surface area contributed by atoms with Crippen LogP contribution in [0.2, 0.25) is 0 Å². The van der Waals surface area contributed by atoms with E-state index in [4.69, 9.17) is 11.4 Å². The molecule has 1 aromatic carbocycles. The quantitative estimate of drug-likeness (QED) is 0.824. The highest BCUT2D eigenvalue weighted by molar-refractivity contribution is 5.92. The summed E-state index contributed by atoms with van der Waals surface area (Å²) in [4.78, 5) is 6.97. The van der Waals surface area contributed by atoms with Gasteiger partial charge in [-0.1, -0.05) is 44.0 Å². The summed E-state index contributed by atoms with van der Waals surface area (Å²) >= 11 is 0. The number of nitrogens with one attached hydrogen (secondary N) is 1. The molecule has 3 heteroatoms. The first-order chi connectivity index (χ1) is 10.2. The molecule has 0 saturated heterocycles. The third-order valence-electron chi connectivity index (χ3n) is 3.43. The van der Waals surface area contributed by atoms with Crippen molar-refractivity contribution in [3.63, 3.8) is 0 Å². The Balaban J connectivity index is 2.47. The van der Waals surface area contributed by atoms with Crippen molar-refractivity contribution in [2.75, 3.05) is 18.0 Å². The largest absolute Gasteiger partial charge is 0.345 e. The van der Waals surface area contributed by atoms with Gasteiger partial charge in [-0.25, -0.2) is 4.98 Å². The van der Waals surface area contributed by atoms with E-state index in [2.05, 4.69) is 61.2 Å². The van der Waals surface area contributed by atoms with Crippen LogP contribution in [0, 0.1) is 12.3 Å². The molecule has 0 aliphatic heterocycles. The van der Waals surface area contributed by atoms with Gasteiger partial charge in [0.25, 0.3) is 0 Å². The number of rotatable bonds is 6. The van der Waals surface area contributed by atoms with Crippen molar-refractivity contribution >= 4 is 16.6 Å². The van der Waals surface area contributed by atoms with Crippen molar-refractivity contribution in [3.8, 4) is 12.3 Å². The summed E-state index contributed by atoms with van der Waals surface area (Å²) in [6, 6.07) is 10.9. The van der Waals surface area contributed by atoms with Crippen molar-refractivity contribution in [1.29, 1.82) is 0 Å². The lowest BCUT2D eigenvalue weighted by molar-refractivity contribution is 0.581. The molecule has 21 heavy (non-hydrogen) atoms. The Hall–Kier alpha value is -2.05. The van der Waals surface area contributed by atoms with Crippen molar-refractivity contribution in [2.45, 2.75) is 33.4 Å². The van der Waals surface area contributed by atoms with Gasteiger partial charge in [-0.15, -0.1) is 6.42 Å². The van der Waals surface area contributed by atoms with Crippen molar-refractivity contribution < 1.29 is 0 Å².